The van der Waals surface area contributed by atoms with Gasteiger partial charge in [-0.05, 0) is 36.6 Å². The van der Waals surface area contributed by atoms with Crippen molar-refractivity contribution < 1.29 is 27.6 Å². The Morgan fingerprint density at radius 1 is 1.10 bits per heavy atom. The Kier molecular flexibility index (Phi) is 5.56. The first-order chi connectivity index (χ1) is 14.1. The highest BCUT2D eigenvalue weighted by Gasteiger charge is 2.52. The number of halogens is 3. The number of carbonyl (C=O) groups is 3. The molecule has 1 atom stereocenters. The van der Waals surface area contributed by atoms with Crippen molar-refractivity contribution in [3.8, 4) is 0 Å². The van der Waals surface area contributed by atoms with E-state index in [-0.39, 0.29) is 5.56 Å². The minimum absolute atomic E-state index is 0.380. The van der Waals surface area contributed by atoms with Crippen LogP contribution in [0.1, 0.15) is 30.5 Å². The second-order valence-electron chi connectivity index (χ2n) is 7.05. The Labute approximate surface area is 171 Å². The van der Waals surface area contributed by atoms with Crippen LogP contribution in [-0.4, -0.2) is 29.3 Å². The van der Waals surface area contributed by atoms with Crippen LogP contribution >= 0.6 is 0 Å². The van der Waals surface area contributed by atoms with Gasteiger partial charge in [-0.3, -0.25) is 14.5 Å². The van der Waals surface area contributed by atoms with Gasteiger partial charge in [-0.1, -0.05) is 43.3 Å². The first kappa shape index (κ1) is 21.4. The third-order valence-electron chi connectivity index (χ3n) is 5.02. The molecule has 30 heavy (non-hydrogen) atoms. The summed E-state index contributed by atoms with van der Waals surface area (Å²) < 4.78 is 40.2. The molecule has 4 amide bonds. The minimum atomic E-state index is -4.71. The van der Waals surface area contributed by atoms with Crippen molar-refractivity contribution in [2.45, 2.75) is 32.0 Å². The van der Waals surface area contributed by atoms with Gasteiger partial charge < -0.3 is 10.6 Å². The van der Waals surface area contributed by atoms with Crippen molar-refractivity contribution in [3.63, 3.8) is 0 Å². The van der Waals surface area contributed by atoms with E-state index in [1.54, 1.807) is 12.1 Å². The molecule has 1 saturated heterocycles. The molecule has 0 saturated carbocycles. The van der Waals surface area contributed by atoms with Crippen LogP contribution in [0.2, 0.25) is 0 Å². The first-order valence-electron chi connectivity index (χ1n) is 9.26. The maximum atomic E-state index is 13.4. The monoisotopic (exact) mass is 419 g/mol. The fourth-order valence-electron chi connectivity index (χ4n) is 3.47. The number of aryl methyl sites for hydroxylation is 1. The second kappa shape index (κ2) is 7.81. The van der Waals surface area contributed by atoms with Crippen molar-refractivity contribution in [3.05, 3.63) is 65.2 Å². The predicted octanol–water partition coefficient (Wildman–Crippen LogP) is 3.67. The number of rotatable bonds is 5. The Bertz CT molecular complexity index is 1010. The van der Waals surface area contributed by atoms with Crippen LogP contribution in [0, 0.1) is 0 Å². The molecule has 2 aromatic rings. The normalized spacial score (nSPS) is 19.0. The van der Waals surface area contributed by atoms with E-state index < -0.39 is 41.7 Å². The standard InChI is InChI=1S/C21H20F3N3O3/c1-3-13-8-4-7-11-16(13)25-17(28)12-27-18(29)20(2,26-19(27)30)14-9-5-6-10-15(14)21(22,23)24/h4-11H,3,12H2,1-2H3,(H,25,28)(H,26,30). The van der Waals surface area contributed by atoms with Gasteiger partial charge in [0.2, 0.25) is 5.91 Å². The molecular weight excluding hydrogens is 399 g/mol. The molecule has 6 nitrogen and oxygen atoms in total. The van der Waals surface area contributed by atoms with Crippen LogP contribution in [0.25, 0.3) is 0 Å². The lowest BCUT2D eigenvalue weighted by atomic mass is 9.87. The van der Waals surface area contributed by atoms with Crippen LogP contribution in [0.5, 0.6) is 0 Å². The van der Waals surface area contributed by atoms with Gasteiger partial charge >= 0.3 is 12.2 Å². The summed E-state index contributed by atoms with van der Waals surface area (Å²) in [4.78, 5) is 38.4. The molecule has 1 aliphatic heterocycles. The zero-order chi connectivity index (χ0) is 22.1. The van der Waals surface area contributed by atoms with Crippen molar-refractivity contribution in [1.29, 1.82) is 0 Å². The van der Waals surface area contributed by atoms with E-state index in [2.05, 4.69) is 10.6 Å². The topological polar surface area (TPSA) is 78.5 Å². The molecule has 0 aromatic heterocycles. The number of nitrogens with zero attached hydrogens (tertiary/aromatic N) is 1. The lowest BCUT2D eigenvalue weighted by Crippen LogP contribution is -2.43. The number of imide groups is 1. The molecular formula is C21H20F3N3O3. The van der Waals surface area contributed by atoms with Gasteiger partial charge in [0.25, 0.3) is 5.91 Å². The Morgan fingerprint density at radius 3 is 2.40 bits per heavy atom. The highest BCUT2D eigenvalue weighted by molar-refractivity contribution is 6.10. The summed E-state index contributed by atoms with van der Waals surface area (Å²) in [6, 6.07) is 10.7. The van der Waals surface area contributed by atoms with Gasteiger partial charge in [0.15, 0.2) is 0 Å². The average Bonchev–Trinajstić information content (AvgIpc) is 2.91. The number of hydrogen-bond donors (Lipinski definition) is 2. The largest absolute Gasteiger partial charge is 0.416 e. The molecule has 158 valence electrons. The Morgan fingerprint density at radius 2 is 1.73 bits per heavy atom. The van der Waals surface area contributed by atoms with Gasteiger partial charge in [-0.25, -0.2) is 4.79 Å². The van der Waals surface area contributed by atoms with Gasteiger partial charge in [0.1, 0.15) is 12.1 Å². The number of hydrogen-bond acceptors (Lipinski definition) is 3. The number of benzene rings is 2. The van der Waals surface area contributed by atoms with E-state index in [1.807, 2.05) is 19.1 Å². The summed E-state index contributed by atoms with van der Waals surface area (Å²) >= 11 is 0. The molecule has 9 heteroatoms. The zero-order valence-corrected chi connectivity index (χ0v) is 16.3. The average molecular weight is 419 g/mol. The van der Waals surface area contributed by atoms with Crippen LogP contribution < -0.4 is 10.6 Å². The number of nitrogens with one attached hydrogen (secondary N) is 2. The first-order valence-corrected chi connectivity index (χ1v) is 9.26. The molecule has 1 unspecified atom stereocenters. The van der Waals surface area contributed by atoms with E-state index >= 15 is 0 Å². The minimum Gasteiger partial charge on any atom is -0.324 e. The Hall–Kier alpha value is -3.36. The number of amides is 4. The van der Waals surface area contributed by atoms with E-state index in [4.69, 9.17) is 0 Å². The number of anilines is 1. The van der Waals surface area contributed by atoms with E-state index in [0.29, 0.717) is 17.0 Å². The maximum absolute atomic E-state index is 13.4. The molecule has 0 radical (unpaired) electrons. The zero-order valence-electron chi connectivity index (χ0n) is 16.3. The van der Waals surface area contributed by atoms with Crippen LogP contribution in [0.4, 0.5) is 23.7 Å². The third kappa shape index (κ3) is 3.87. The number of urea groups is 1. The highest BCUT2D eigenvalue weighted by atomic mass is 19.4. The molecule has 0 bridgehead atoms. The van der Waals surface area contributed by atoms with Crippen LogP contribution in [-0.2, 0) is 27.7 Å². The fraction of sp³-hybridized carbons (Fsp3) is 0.286. The maximum Gasteiger partial charge on any atom is 0.416 e. The summed E-state index contributed by atoms with van der Waals surface area (Å²) in [7, 11) is 0. The van der Waals surface area contributed by atoms with Crippen molar-refractivity contribution >= 4 is 23.5 Å². The molecule has 1 heterocycles. The third-order valence-corrected chi connectivity index (χ3v) is 5.02. The Balaban J connectivity index is 1.84. The summed E-state index contributed by atoms with van der Waals surface area (Å²) in [6.45, 7) is 2.49. The summed E-state index contributed by atoms with van der Waals surface area (Å²) in [5.74, 6) is -1.56. The van der Waals surface area contributed by atoms with Crippen LogP contribution in [0.3, 0.4) is 0 Å². The fourth-order valence-corrected chi connectivity index (χ4v) is 3.47. The molecule has 0 spiro atoms. The molecule has 3 rings (SSSR count). The summed E-state index contributed by atoms with van der Waals surface area (Å²) in [5.41, 5.74) is -1.93. The second-order valence-corrected chi connectivity index (χ2v) is 7.05. The quantitative estimate of drug-likeness (QED) is 0.726. The van der Waals surface area contributed by atoms with Crippen LogP contribution in [0.15, 0.2) is 48.5 Å². The van der Waals surface area contributed by atoms with Gasteiger partial charge in [-0.15, -0.1) is 0 Å². The molecule has 1 fully saturated rings. The number of carbonyl (C=O) groups excluding carboxylic acids is 3. The van der Waals surface area contributed by atoms with Crippen molar-refractivity contribution in [2.24, 2.45) is 0 Å². The van der Waals surface area contributed by atoms with E-state index in [0.717, 1.165) is 17.7 Å². The lowest BCUT2D eigenvalue weighted by Gasteiger charge is -2.25. The predicted molar refractivity (Wildman–Crippen MR) is 103 cm³/mol. The number of para-hydroxylation sites is 1. The summed E-state index contributed by atoms with van der Waals surface area (Å²) in [6.07, 6.45) is -4.05. The van der Waals surface area contributed by atoms with Crippen molar-refractivity contribution in [1.82, 2.24) is 10.2 Å². The number of alkyl halides is 3. The van der Waals surface area contributed by atoms with Crippen molar-refractivity contribution in [2.75, 3.05) is 11.9 Å². The van der Waals surface area contributed by atoms with E-state index in [1.165, 1.54) is 19.1 Å². The highest BCUT2D eigenvalue weighted by Crippen LogP contribution is 2.39. The SMILES string of the molecule is CCc1ccccc1NC(=O)CN1C(=O)NC(C)(c2ccccc2C(F)(F)F)C1=O. The molecule has 1 aliphatic rings. The molecule has 2 aromatic carbocycles. The smallest absolute Gasteiger partial charge is 0.324 e. The van der Waals surface area contributed by atoms with Gasteiger partial charge in [-0.2, -0.15) is 13.2 Å². The molecule has 2 N–H and O–H groups in total. The molecule has 0 aliphatic carbocycles. The van der Waals surface area contributed by atoms with E-state index in [9.17, 15) is 27.6 Å². The lowest BCUT2D eigenvalue weighted by molar-refractivity contribution is -0.140. The summed E-state index contributed by atoms with van der Waals surface area (Å²) in [5, 5.41) is 4.95. The van der Waals surface area contributed by atoms with Gasteiger partial charge in [0.05, 0.1) is 5.56 Å². The van der Waals surface area contributed by atoms with Gasteiger partial charge in [0, 0.05) is 5.69 Å².